The molecule has 2 aliphatic rings. The van der Waals surface area contributed by atoms with E-state index in [0.717, 1.165) is 50.6 Å². The topological polar surface area (TPSA) is 136 Å². The van der Waals surface area contributed by atoms with E-state index in [1.54, 1.807) is 11.3 Å². The summed E-state index contributed by atoms with van der Waals surface area (Å²) in [5.74, 6) is 0.645. The molecule has 204 valence electrons. The Morgan fingerprint density at radius 2 is 1.85 bits per heavy atom. The SMILES string of the molecule is CCCc1nccc2sc(-c3c(C)nc(N[C@H](C)c4ccc(C)cc4)nc3N[C@@H]3C[C@@H]4C(O)[C@]4(O)[C@H]3O)nc12. The molecule has 1 aromatic carbocycles. The Morgan fingerprint density at radius 1 is 1.08 bits per heavy atom. The Bertz CT molecular complexity index is 1530. The van der Waals surface area contributed by atoms with Gasteiger partial charge < -0.3 is 26.0 Å². The van der Waals surface area contributed by atoms with Gasteiger partial charge in [-0.1, -0.05) is 43.2 Å². The van der Waals surface area contributed by atoms with Crippen LogP contribution in [0.3, 0.4) is 0 Å². The molecule has 1 unspecified atom stereocenters. The molecule has 5 N–H and O–H groups in total. The lowest BCUT2D eigenvalue weighted by molar-refractivity contribution is -0.0262. The number of rotatable bonds is 8. The molecule has 0 amide bonds. The van der Waals surface area contributed by atoms with Crippen molar-refractivity contribution in [2.45, 2.75) is 76.9 Å². The van der Waals surface area contributed by atoms with Gasteiger partial charge in [0.1, 0.15) is 28.0 Å². The summed E-state index contributed by atoms with van der Waals surface area (Å²) in [6, 6.07) is 9.81. The van der Waals surface area contributed by atoms with Crippen molar-refractivity contribution < 1.29 is 15.3 Å². The predicted molar refractivity (Wildman–Crippen MR) is 153 cm³/mol. The number of pyridine rings is 1. The molecule has 0 saturated heterocycles. The number of aryl methyl sites for hydroxylation is 3. The molecule has 6 atom stereocenters. The maximum atomic E-state index is 10.9. The van der Waals surface area contributed by atoms with Gasteiger partial charge in [-0.15, -0.1) is 11.3 Å². The van der Waals surface area contributed by atoms with Crippen molar-refractivity contribution in [2.75, 3.05) is 10.6 Å². The minimum absolute atomic E-state index is 0.0330. The van der Waals surface area contributed by atoms with Gasteiger partial charge in [-0.05, 0) is 45.2 Å². The van der Waals surface area contributed by atoms with Crippen LogP contribution >= 0.6 is 11.3 Å². The monoisotopic (exact) mass is 546 g/mol. The Balaban J connectivity index is 1.39. The van der Waals surface area contributed by atoms with Gasteiger partial charge in [0.05, 0.1) is 39.8 Å². The van der Waals surface area contributed by atoms with E-state index in [1.165, 1.54) is 5.56 Å². The summed E-state index contributed by atoms with van der Waals surface area (Å²) in [7, 11) is 0. The highest BCUT2D eigenvalue weighted by molar-refractivity contribution is 7.21. The van der Waals surface area contributed by atoms with Gasteiger partial charge >= 0.3 is 0 Å². The molecule has 3 heterocycles. The number of aromatic nitrogens is 4. The van der Waals surface area contributed by atoms with E-state index in [9.17, 15) is 15.3 Å². The molecule has 2 aliphatic carbocycles. The fourth-order valence-corrected chi connectivity index (χ4v) is 6.84. The highest BCUT2D eigenvalue weighted by Crippen LogP contribution is 2.56. The van der Waals surface area contributed by atoms with E-state index in [1.807, 2.05) is 19.2 Å². The summed E-state index contributed by atoms with van der Waals surface area (Å²) in [5.41, 5.74) is 4.21. The van der Waals surface area contributed by atoms with E-state index in [4.69, 9.17) is 15.0 Å². The number of aliphatic hydroxyl groups is 3. The number of benzene rings is 1. The first kappa shape index (κ1) is 26.1. The highest BCUT2D eigenvalue weighted by Gasteiger charge is 2.74. The quantitative estimate of drug-likeness (QED) is 0.221. The molecule has 0 aliphatic heterocycles. The van der Waals surface area contributed by atoms with Gasteiger partial charge in [-0.2, -0.15) is 4.98 Å². The predicted octanol–water partition coefficient (Wildman–Crippen LogP) is 4.16. The van der Waals surface area contributed by atoms with E-state index in [-0.39, 0.29) is 12.0 Å². The molecular weight excluding hydrogens is 512 g/mol. The molecular formula is C29H34N6O3S. The molecule has 0 spiro atoms. The number of aliphatic hydroxyl groups excluding tert-OH is 2. The Morgan fingerprint density at radius 3 is 2.54 bits per heavy atom. The van der Waals surface area contributed by atoms with Crippen LogP contribution in [0.25, 0.3) is 20.8 Å². The number of anilines is 2. The number of nitrogens with one attached hydrogen (secondary N) is 2. The Labute approximate surface area is 231 Å². The number of nitrogens with zero attached hydrogens (tertiary/aromatic N) is 4. The molecule has 9 nitrogen and oxygen atoms in total. The third-order valence-electron chi connectivity index (χ3n) is 8.12. The standard InChI is InChI=1S/C29H34N6O3S/c1-5-6-19-23-21(11-12-30-19)39-27(34-23)22-16(4)32-28(31-15(3)17-9-7-14(2)8-10-17)35-26(22)33-20-13-18-24(36)29(18,38)25(20)37/h7-12,15,18,20,24-25,36-38H,5-6,13H2,1-4H3,(H2,31,32,33,35)/t15-,18-,20-,24?,25+,29+/m1/s1. The van der Waals surface area contributed by atoms with E-state index in [0.29, 0.717) is 18.2 Å². The van der Waals surface area contributed by atoms with Crippen LogP contribution in [0.4, 0.5) is 11.8 Å². The largest absolute Gasteiger partial charge is 0.390 e. The zero-order chi connectivity index (χ0) is 27.5. The van der Waals surface area contributed by atoms with Gasteiger partial charge in [-0.25, -0.2) is 9.97 Å². The third-order valence-corrected chi connectivity index (χ3v) is 9.16. The minimum Gasteiger partial charge on any atom is -0.390 e. The van der Waals surface area contributed by atoms with Crippen LogP contribution in [0.1, 0.15) is 55.2 Å². The van der Waals surface area contributed by atoms with Crippen molar-refractivity contribution in [1.29, 1.82) is 0 Å². The van der Waals surface area contributed by atoms with Gasteiger partial charge in [0, 0.05) is 12.1 Å². The number of hydrogen-bond donors (Lipinski definition) is 5. The second kappa shape index (κ2) is 9.78. The lowest BCUT2D eigenvalue weighted by Crippen LogP contribution is -2.42. The second-order valence-corrected chi connectivity index (χ2v) is 11.9. The molecule has 0 bridgehead atoms. The van der Waals surface area contributed by atoms with E-state index in [2.05, 4.69) is 60.7 Å². The Hall–Kier alpha value is -3.18. The molecule has 6 rings (SSSR count). The molecule has 39 heavy (non-hydrogen) atoms. The number of hydrogen-bond acceptors (Lipinski definition) is 10. The molecule has 10 heteroatoms. The van der Waals surface area contributed by atoms with Gasteiger partial charge in [0.25, 0.3) is 0 Å². The summed E-state index contributed by atoms with van der Waals surface area (Å²) in [6.45, 7) is 8.18. The average Bonchev–Trinajstić information content (AvgIpc) is 3.18. The lowest BCUT2D eigenvalue weighted by Gasteiger charge is -2.25. The smallest absolute Gasteiger partial charge is 0.225 e. The van der Waals surface area contributed by atoms with E-state index >= 15 is 0 Å². The van der Waals surface area contributed by atoms with Crippen LogP contribution < -0.4 is 10.6 Å². The number of thiazole rings is 1. The van der Waals surface area contributed by atoms with Crippen molar-refractivity contribution in [1.82, 2.24) is 19.9 Å². The fourth-order valence-electron chi connectivity index (χ4n) is 5.76. The van der Waals surface area contributed by atoms with Crippen LogP contribution in [-0.2, 0) is 6.42 Å². The summed E-state index contributed by atoms with van der Waals surface area (Å²) in [4.78, 5) is 19.2. The summed E-state index contributed by atoms with van der Waals surface area (Å²) in [6.07, 6.45) is 2.08. The van der Waals surface area contributed by atoms with Crippen molar-refractivity contribution in [3.05, 3.63) is 59.0 Å². The van der Waals surface area contributed by atoms with Crippen LogP contribution in [0.15, 0.2) is 36.5 Å². The van der Waals surface area contributed by atoms with Gasteiger partial charge in [0.15, 0.2) is 0 Å². The van der Waals surface area contributed by atoms with Crippen molar-refractivity contribution >= 4 is 33.3 Å². The maximum absolute atomic E-state index is 10.9. The zero-order valence-electron chi connectivity index (χ0n) is 22.5. The zero-order valence-corrected chi connectivity index (χ0v) is 23.3. The fraction of sp³-hybridized carbons (Fsp3) is 0.448. The maximum Gasteiger partial charge on any atom is 0.225 e. The molecule has 3 aromatic heterocycles. The Kier molecular flexibility index (Phi) is 6.53. The molecule has 2 fully saturated rings. The summed E-state index contributed by atoms with van der Waals surface area (Å²) in [5, 5.41) is 39.2. The normalized spacial score (nSPS) is 26.4. The van der Waals surface area contributed by atoms with Crippen molar-refractivity contribution in [3.63, 3.8) is 0 Å². The first-order valence-electron chi connectivity index (χ1n) is 13.5. The third kappa shape index (κ3) is 4.45. The van der Waals surface area contributed by atoms with Crippen LogP contribution in [0.2, 0.25) is 0 Å². The van der Waals surface area contributed by atoms with Crippen LogP contribution in [0, 0.1) is 19.8 Å². The molecule has 2 saturated carbocycles. The first-order valence-corrected chi connectivity index (χ1v) is 14.3. The van der Waals surface area contributed by atoms with E-state index < -0.39 is 23.9 Å². The molecule has 4 aromatic rings. The van der Waals surface area contributed by atoms with Gasteiger partial charge in [0.2, 0.25) is 5.95 Å². The highest BCUT2D eigenvalue weighted by atomic mass is 32.1. The summed E-state index contributed by atoms with van der Waals surface area (Å²) < 4.78 is 1.04. The van der Waals surface area contributed by atoms with Crippen molar-refractivity contribution in [3.8, 4) is 10.6 Å². The van der Waals surface area contributed by atoms with Crippen molar-refractivity contribution in [2.24, 2.45) is 5.92 Å². The van der Waals surface area contributed by atoms with Gasteiger partial charge in [-0.3, -0.25) is 4.98 Å². The first-order chi connectivity index (χ1) is 18.7. The number of fused-ring (bicyclic) bond motifs is 2. The molecule has 0 radical (unpaired) electrons. The summed E-state index contributed by atoms with van der Waals surface area (Å²) >= 11 is 1.56. The van der Waals surface area contributed by atoms with Crippen LogP contribution in [-0.4, -0.2) is 59.1 Å². The minimum atomic E-state index is -1.46. The lowest BCUT2D eigenvalue weighted by atomic mass is 10.1. The van der Waals surface area contributed by atoms with Crippen LogP contribution in [0.5, 0.6) is 0 Å². The average molecular weight is 547 g/mol. The second-order valence-electron chi connectivity index (χ2n) is 10.9.